The van der Waals surface area contributed by atoms with Crippen LogP contribution < -0.4 is 4.90 Å². The molecule has 5 nitrogen and oxygen atoms in total. The number of aliphatic hydroxyl groups is 1. The Morgan fingerprint density at radius 2 is 1.71 bits per heavy atom. The van der Waals surface area contributed by atoms with Crippen molar-refractivity contribution in [1.29, 1.82) is 0 Å². The average Bonchev–Trinajstić information content (AvgIpc) is 3.34. The Morgan fingerprint density at radius 1 is 1.06 bits per heavy atom. The molecule has 1 aromatic heterocycles. The Kier molecular flexibility index (Phi) is 5.58. The van der Waals surface area contributed by atoms with Gasteiger partial charge in [-0.15, -0.1) is 11.3 Å². The number of Topliss-reactive ketones (excluding diaryl/α,β-unsaturated/α-hetero) is 1. The van der Waals surface area contributed by atoms with Crippen molar-refractivity contribution in [3.8, 4) is 0 Å². The topological polar surface area (TPSA) is 70.5 Å². The first-order valence-electron chi connectivity index (χ1n) is 9.75. The highest BCUT2D eigenvalue weighted by molar-refractivity contribution is 9.10. The van der Waals surface area contributed by atoms with E-state index in [-0.39, 0.29) is 16.7 Å². The van der Waals surface area contributed by atoms with Gasteiger partial charge in [-0.2, -0.15) is 0 Å². The number of carbonyl (C=O) groups is 2. The number of hydrogen-bond acceptors (Lipinski definition) is 5. The number of nitrogens with zero attached hydrogens (tertiary/aromatic N) is 2. The van der Waals surface area contributed by atoms with Crippen LogP contribution in [0.15, 0.2) is 70.2 Å². The zero-order valence-electron chi connectivity index (χ0n) is 17.3. The van der Waals surface area contributed by atoms with E-state index < -0.39 is 17.7 Å². The van der Waals surface area contributed by atoms with Crippen LogP contribution in [0.3, 0.4) is 0 Å². The molecule has 0 bridgehead atoms. The molecule has 1 fully saturated rings. The predicted octanol–water partition coefficient (Wildman–Crippen LogP) is 5.83. The summed E-state index contributed by atoms with van der Waals surface area (Å²) in [6.07, 6.45) is 1.59. The summed E-state index contributed by atoms with van der Waals surface area (Å²) in [5.74, 6) is -1.62. The van der Waals surface area contributed by atoms with E-state index in [4.69, 9.17) is 0 Å². The van der Waals surface area contributed by atoms with Gasteiger partial charge >= 0.3 is 5.91 Å². The number of thiazole rings is 1. The fourth-order valence-corrected chi connectivity index (χ4v) is 4.54. The molecule has 0 radical (unpaired) electrons. The first-order chi connectivity index (χ1) is 14.7. The number of amides is 1. The summed E-state index contributed by atoms with van der Waals surface area (Å²) in [5, 5.41) is 13.2. The lowest BCUT2D eigenvalue weighted by Crippen LogP contribution is -2.29. The maximum absolute atomic E-state index is 13.1. The first kappa shape index (κ1) is 21.5. The van der Waals surface area contributed by atoms with E-state index in [1.165, 1.54) is 16.2 Å². The molecule has 0 spiro atoms. The lowest BCUT2D eigenvalue weighted by atomic mass is 9.85. The fraction of sp³-hybridized carbons (Fsp3) is 0.208. The number of ketones is 1. The van der Waals surface area contributed by atoms with Crippen LogP contribution in [-0.4, -0.2) is 21.8 Å². The van der Waals surface area contributed by atoms with E-state index in [2.05, 4.69) is 41.7 Å². The van der Waals surface area contributed by atoms with Crippen molar-refractivity contribution in [3.05, 3.63) is 86.8 Å². The Labute approximate surface area is 193 Å². The van der Waals surface area contributed by atoms with Gasteiger partial charge in [0.1, 0.15) is 5.76 Å². The number of aromatic nitrogens is 1. The van der Waals surface area contributed by atoms with E-state index in [0.29, 0.717) is 10.7 Å². The Hall–Kier alpha value is -2.77. The second-order valence-electron chi connectivity index (χ2n) is 8.36. The number of carbonyl (C=O) groups excluding carboxylic acids is 2. The monoisotopic (exact) mass is 496 g/mol. The van der Waals surface area contributed by atoms with Crippen LogP contribution in [0.1, 0.15) is 43.5 Å². The molecule has 1 unspecified atom stereocenters. The molecule has 1 aliphatic heterocycles. The quantitative estimate of drug-likeness (QED) is 0.281. The van der Waals surface area contributed by atoms with Crippen molar-refractivity contribution < 1.29 is 14.7 Å². The number of anilines is 1. The van der Waals surface area contributed by atoms with Crippen molar-refractivity contribution in [3.63, 3.8) is 0 Å². The molecule has 4 rings (SSSR count). The van der Waals surface area contributed by atoms with Crippen LogP contribution in [0.5, 0.6) is 0 Å². The number of rotatable bonds is 3. The van der Waals surface area contributed by atoms with Crippen molar-refractivity contribution in [2.45, 2.75) is 32.2 Å². The fourth-order valence-electron chi connectivity index (χ4n) is 3.61. The summed E-state index contributed by atoms with van der Waals surface area (Å²) in [6.45, 7) is 6.37. The lowest BCUT2D eigenvalue weighted by molar-refractivity contribution is -0.132. The van der Waals surface area contributed by atoms with Crippen LogP contribution in [-0.2, 0) is 15.0 Å². The molecule has 2 heterocycles. The number of halogens is 1. The molecular weight excluding hydrogens is 476 g/mol. The van der Waals surface area contributed by atoms with Gasteiger partial charge in [0.25, 0.3) is 5.78 Å². The largest absolute Gasteiger partial charge is 0.507 e. The molecular formula is C24H21BrN2O3S. The van der Waals surface area contributed by atoms with Gasteiger partial charge in [-0.05, 0) is 28.7 Å². The Balaban J connectivity index is 1.90. The van der Waals surface area contributed by atoms with E-state index in [9.17, 15) is 14.7 Å². The zero-order valence-corrected chi connectivity index (χ0v) is 19.7. The maximum atomic E-state index is 13.1. The van der Waals surface area contributed by atoms with Gasteiger partial charge in [-0.25, -0.2) is 4.98 Å². The number of aliphatic hydroxyl groups excluding tert-OH is 1. The Morgan fingerprint density at radius 3 is 2.26 bits per heavy atom. The SMILES string of the molecule is CC(C)(C)c1ccc(C2/C(=C(/O)c3ccc(Br)cc3)C(=O)C(=O)N2c2nccs2)cc1. The highest BCUT2D eigenvalue weighted by Gasteiger charge is 2.48. The van der Waals surface area contributed by atoms with E-state index in [1.807, 2.05) is 24.3 Å². The summed E-state index contributed by atoms with van der Waals surface area (Å²) in [6, 6.07) is 14.0. The molecule has 2 aromatic carbocycles. The van der Waals surface area contributed by atoms with Gasteiger partial charge in [-0.3, -0.25) is 14.5 Å². The van der Waals surface area contributed by atoms with Crippen molar-refractivity contribution in [2.75, 3.05) is 4.90 Å². The molecule has 0 aliphatic carbocycles. The van der Waals surface area contributed by atoms with Gasteiger partial charge in [0.15, 0.2) is 5.13 Å². The third kappa shape index (κ3) is 3.95. The highest BCUT2D eigenvalue weighted by atomic mass is 79.9. The van der Waals surface area contributed by atoms with Crippen molar-refractivity contribution in [1.82, 2.24) is 4.98 Å². The standard InChI is InChI=1S/C24H21BrN2O3S/c1-24(2,3)16-8-4-14(5-9-16)19-18(20(28)15-6-10-17(25)11-7-15)21(29)22(30)27(19)23-26-12-13-31-23/h4-13,19,28H,1-3H3/b20-18-. The summed E-state index contributed by atoms with van der Waals surface area (Å²) < 4.78 is 0.849. The van der Waals surface area contributed by atoms with Gasteiger partial charge in [0, 0.05) is 21.6 Å². The van der Waals surface area contributed by atoms with Crippen LogP contribution in [0.4, 0.5) is 5.13 Å². The van der Waals surface area contributed by atoms with Crippen LogP contribution in [0.25, 0.3) is 5.76 Å². The summed E-state index contributed by atoms with van der Waals surface area (Å²) >= 11 is 4.65. The van der Waals surface area contributed by atoms with E-state index in [1.54, 1.807) is 35.8 Å². The summed E-state index contributed by atoms with van der Waals surface area (Å²) in [5.41, 5.74) is 2.37. The molecule has 31 heavy (non-hydrogen) atoms. The summed E-state index contributed by atoms with van der Waals surface area (Å²) in [7, 11) is 0. The highest BCUT2D eigenvalue weighted by Crippen LogP contribution is 2.43. The second kappa shape index (κ2) is 8.05. The molecule has 1 aliphatic rings. The number of hydrogen-bond donors (Lipinski definition) is 1. The minimum atomic E-state index is -0.760. The average molecular weight is 497 g/mol. The van der Waals surface area contributed by atoms with Gasteiger partial charge < -0.3 is 5.11 Å². The molecule has 1 atom stereocenters. The van der Waals surface area contributed by atoms with Gasteiger partial charge in [0.05, 0.1) is 11.6 Å². The van der Waals surface area contributed by atoms with Crippen LogP contribution in [0, 0.1) is 0 Å². The van der Waals surface area contributed by atoms with Crippen LogP contribution >= 0.6 is 27.3 Å². The van der Waals surface area contributed by atoms with Crippen molar-refractivity contribution in [2.24, 2.45) is 0 Å². The molecule has 1 saturated heterocycles. The number of benzene rings is 2. The molecule has 1 amide bonds. The van der Waals surface area contributed by atoms with Gasteiger partial charge in [-0.1, -0.05) is 73.1 Å². The smallest absolute Gasteiger partial charge is 0.301 e. The molecule has 0 saturated carbocycles. The van der Waals surface area contributed by atoms with Crippen LogP contribution in [0.2, 0.25) is 0 Å². The minimum Gasteiger partial charge on any atom is -0.507 e. The van der Waals surface area contributed by atoms with Crippen molar-refractivity contribution >= 4 is 49.8 Å². The molecule has 7 heteroatoms. The third-order valence-electron chi connectivity index (χ3n) is 5.28. The second-order valence-corrected chi connectivity index (χ2v) is 10.2. The van der Waals surface area contributed by atoms with E-state index >= 15 is 0 Å². The minimum absolute atomic E-state index is 0.0346. The van der Waals surface area contributed by atoms with Gasteiger partial charge in [0.2, 0.25) is 0 Å². The predicted molar refractivity (Wildman–Crippen MR) is 126 cm³/mol. The zero-order chi connectivity index (χ0) is 22.3. The van der Waals surface area contributed by atoms with E-state index in [0.717, 1.165) is 15.6 Å². The summed E-state index contributed by atoms with van der Waals surface area (Å²) in [4.78, 5) is 31.7. The molecule has 1 N–H and O–H groups in total. The first-order valence-corrected chi connectivity index (χ1v) is 11.4. The lowest BCUT2D eigenvalue weighted by Gasteiger charge is -2.24. The normalized spacial score (nSPS) is 18.6. The molecule has 3 aromatic rings. The third-order valence-corrected chi connectivity index (χ3v) is 6.58. The maximum Gasteiger partial charge on any atom is 0.301 e. The Bertz CT molecular complexity index is 1160. The molecule has 158 valence electrons.